The Morgan fingerprint density at radius 3 is 2.82 bits per heavy atom. The van der Waals surface area contributed by atoms with E-state index in [0.29, 0.717) is 4.34 Å². The molecule has 0 unspecified atom stereocenters. The molecule has 1 heterocycles. The zero-order valence-corrected chi connectivity index (χ0v) is 10.5. The van der Waals surface area contributed by atoms with Crippen LogP contribution in [0.2, 0.25) is 0 Å². The Balaban J connectivity index is 2.51. The number of amides is 1. The van der Waals surface area contributed by atoms with Crippen LogP contribution in [-0.2, 0) is 9.59 Å². The molecular formula is C7H10N6O2S2. The third-order valence-corrected chi connectivity index (χ3v) is 2.83. The summed E-state index contributed by atoms with van der Waals surface area (Å²) in [6.45, 7) is 1.22. The van der Waals surface area contributed by atoms with Gasteiger partial charge in [-0.05, 0) is 23.3 Å². The van der Waals surface area contributed by atoms with Gasteiger partial charge in [-0.3, -0.25) is 14.9 Å². The van der Waals surface area contributed by atoms with Crippen molar-refractivity contribution >= 4 is 46.2 Å². The summed E-state index contributed by atoms with van der Waals surface area (Å²) in [7, 11) is 0. The number of rotatable bonds is 4. The number of hydrogen-bond acceptors (Lipinski definition) is 7. The molecule has 0 radical (unpaired) electrons. The van der Waals surface area contributed by atoms with Crippen molar-refractivity contribution in [2.45, 2.75) is 11.3 Å². The average Bonchev–Trinajstić information content (AvgIpc) is 2.61. The Hall–Kier alpha value is -1.68. The minimum atomic E-state index is -0.435. The lowest BCUT2D eigenvalue weighted by molar-refractivity contribution is -0.115. The maximum absolute atomic E-state index is 11.3. The van der Waals surface area contributed by atoms with Crippen molar-refractivity contribution in [1.82, 2.24) is 9.36 Å². The number of carbonyl (C=O) groups excluding carboxylic acids is 2. The van der Waals surface area contributed by atoms with Crippen LogP contribution in [0.25, 0.3) is 0 Å². The van der Waals surface area contributed by atoms with E-state index in [4.69, 9.17) is 11.5 Å². The van der Waals surface area contributed by atoms with E-state index in [1.165, 1.54) is 6.92 Å². The molecule has 10 heteroatoms. The van der Waals surface area contributed by atoms with Crippen LogP contribution in [0.1, 0.15) is 6.92 Å². The number of aromatic nitrogens is 2. The summed E-state index contributed by atoms with van der Waals surface area (Å²) in [6.07, 6.45) is 0. The molecule has 0 saturated heterocycles. The molecule has 0 fully saturated rings. The average molecular weight is 274 g/mol. The van der Waals surface area contributed by atoms with Gasteiger partial charge in [0.05, 0.1) is 0 Å². The van der Waals surface area contributed by atoms with Crippen LogP contribution in [0.5, 0.6) is 0 Å². The van der Waals surface area contributed by atoms with Gasteiger partial charge in [0.15, 0.2) is 15.4 Å². The SMILES string of the molecule is CC(=O)Sc1nc(NC(=O)CN=C(N)N)ns1. The fraction of sp³-hybridized carbons (Fsp3) is 0.286. The van der Waals surface area contributed by atoms with E-state index < -0.39 is 5.91 Å². The zero-order valence-electron chi connectivity index (χ0n) is 8.84. The van der Waals surface area contributed by atoms with Crippen molar-refractivity contribution in [3.05, 3.63) is 0 Å². The number of hydrogen-bond donors (Lipinski definition) is 3. The van der Waals surface area contributed by atoms with Crippen molar-refractivity contribution in [3.8, 4) is 0 Å². The Morgan fingerprint density at radius 1 is 1.53 bits per heavy atom. The standard InChI is InChI=1S/C7H10N6O2S2/c1-3(14)16-7-12-6(13-17-7)11-4(15)2-10-5(8)9/h2H2,1H3,(H4,8,9,10)(H,11,13,15). The first kappa shape index (κ1) is 13.4. The first-order chi connectivity index (χ1) is 7.97. The van der Waals surface area contributed by atoms with Gasteiger partial charge in [0.25, 0.3) is 0 Å². The highest BCUT2D eigenvalue weighted by atomic mass is 32.2. The number of thioether (sulfide) groups is 1. The van der Waals surface area contributed by atoms with Crippen LogP contribution in [0.4, 0.5) is 5.95 Å². The molecule has 0 aliphatic rings. The van der Waals surface area contributed by atoms with E-state index >= 15 is 0 Å². The number of guanidine groups is 1. The molecule has 0 spiro atoms. The number of nitrogens with two attached hydrogens (primary N) is 2. The van der Waals surface area contributed by atoms with Gasteiger partial charge in [-0.15, -0.1) is 0 Å². The monoisotopic (exact) mass is 274 g/mol. The molecule has 1 aromatic rings. The van der Waals surface area contributed by atoms with Crippen LogP contribution in [0, 0.1) is 0 Å². The number of nitrogens with one attached hydrogen (secondary N) is 1. The van der Waals surface area contributed by atoms with Crippen molar-refractivity contribution in [2.24, 2.45) is 16.5 Å². The number of aliphatic imine (C=N–C) groups is 1. The van der Waals surface area contributed by atoms with Crippen molar-refractivity contribution in [1.29, 1.82) is 0 Å². The van der Waals surface area contributed by atoms with E-state index in [1.54, 1.807) is 0 Å². The van der Waals surface area contributed by atoms with Crippen LogP contribution in [0.15, 0.2) is 9.33 Å². The van der Waals surface area contributed by atoms with Gasteiger partial charge in [-0.2, -0.15) is 9.36 Å². The molecule has 0 saturated carbocycles. The number of anilines is 1. The first-order valence-corrected chi connectivity index (χ1v) is 5.93. The largest absolute Gasteiger partial charge is 0.370 e. The third-order valence-electron chi connectivity index (χ3n) is 1.29. The van der Waals surface area contributed by atoms with Gasteiger partial charge in [0, 0.05) is 6.92 Å². The molecule has 0 aliphatic heterocycles. The van der Waals surface area contributed by atoms with Crippen LogP contribution >= 0.6 is 23.3 Å². The van der Waals surface area contributed by atoms with Gasteiger partial charge in [-0.25, -0.2) is 4.99 Å². The Bertz CT molecular complexity index is 453. The lowest BCUT2D eigenvalue weighted by Gasteiger charge is -1.96. The lowest BCUT2D eigenvalue weighted by atomic mass is 10.6. The molecule has 1 rings (SSSR count). The number of carbonyl (C=O) groups is 2. The summed E-state index contributed by atoms with van der Waals surface area (Å²) in [4.78, 5) is 29.5. The second kappa shape index (κ2) is 6.15. The molecule has 1 aromatic heterocycles. The molecule has 0 aromatic carbocycles. The molecule has 8 nitrogen and oxygen atoms in total. The highest BCUT2D eigenvalue weighted by Crippen LogP contribution is 2.22. The van der Waals surface area contributed by atoms with Crippen molar-refractivity contribution < 1.29 is 9.59 Å². The van der Waals surface area contributed by atoms with E-state index in [-0.39, 0.29) is 23.6 Å². The predicted octanol–water partition coefficient (Wildman–Crippen LogP) is -0.611. The van der Waals surface area contributed by atoms with Crippen LogP contribution < -0.4 is 16.8 Å². The fourth-order valence-corrected chi connectivity index (χ4v) is 2.12. The number of nitrogens with zero attached hydrogens (tertiary/aromatic N) is 3. The van der Waals surface area contributed by atoms with E-state index in [2.05, 4.69) is 19.7 Å². The molecule has 0 atom stereocenters. The maximum atomic E-state index is 11.3. The van der Waals surface area contributed by atoms with E-state index in [1.807, 2.05) is 0 Å². The highest BCUT2D eigenvalue weighted by Gasteiger charge is 2.09. The Kier molecular flexibility index (Phi) is 4.84. The smallest absolute Gasteiger partial charge is 0.248 e. The third kappa shape index (κ3) is 5.26. The summed E-state index contributed by atoms with van der Waals surface area (Å²) < 4.78 is 4.32. The van der Waals surface area contributed by atoms with E-state index in [0.717, 1.165) is 23.3 Å². The zero-order chi connectivity index (χ0) is 12.8. The minimum Gasteiger partial charge on any atom is -0.370 e. The second-order valence-electron chi connectivity index (χ2n) is 2.77. The summed E-state index contributed by atoms with van der Waals surface area (Å²) in [5.41, 5.74) is 10.1. The molecule has 0 bridgehead atoms. The quantitative estimate of drug-likeness (QED) is 0.378. The Morgan fingerprint density at radius 2 is 2.24 bits per heavy atom. The normalized spacial score (nSPS) is 9.71. The molecule has 92 valence electrons. The predicted molar refractivity (Wildman–Crippen MR) is 65.8 cm³/mol. The second-order valence-corrected chi connectivity index (χ2v) is 4.94. The molecule has 17 heavy (non-hydrogen) atoms. The van der Waals surface area contributed by atoms with Gasteiger partial charge in [0.1, 0.15) is 6.54 Å². The lowest BCUT2D eigenvalue weighted by Crippen LogP contribution is -2.25. The summed E-state index contributed by atoms with van der Waals surface area (Å²) in [5.74, 6) is -0.468. The van der Waals surface area contributed by atoms with Crippen LogP contribution in [-0.4, -0.2) is 32.9 Å². The van der Waals surface area contributed by atoms with Crippen molar-refractivity contribution in [3.63, 3.8) is 0 Å². The molecule has 1 amide bonds. The van der Waals surface area contributed by atoms with Gasteiger partial charge in [0.2, 0.25) is 11.9 Å². The van der Waals surface area contributed by atoms with Crippen molar-refractivity contribution in [2.75, 3.05) is 11.9 Å². The maximum Gasteiger partial charge on any atom is 0.248 e. The van der Waals surface area contributed by atoms with Gasteiger partial charge in [-0.1, -0.05) is 0 Å². The minimum absolute atomic E-state index is 0.0977. The highest BCUT2D eigenvalue weighted by molar-refractivity contribution is 8.14. The summed E-state index contributed by atoms with van der Waals surface area (Å²) in [5, 5.41) is 2.30. The summed E-state index contributed by atoms with van der Waals surface area (Å²) >= 11 is 1.98. The van der Waals surface area contributed by atoms with Gasteiger partial charge < -0.3 is 11.5 Å². The molecular weight excluding hydrogens is 264 g/mol. The summed E-state index contributed by atoms with van der Waals surface area (Å²) in [6, 6.07) is 0. The molecule has 0 aliphatic carbocycles. The topological polar surface area (TPSA) is 136 Å². The first-order valence-electron chi connectivity index (χ1n) is 4.34. The Labute approximate surface area is 105 Å². The fourth-order valence-electron chi connectivity index (χ4n) is 0.752. The van der Waals surface area contributed by atoms with Crippen LogP contribution in [0.3, 0.4) is 0 Å². The van der Waals surface area contributed by atoms with E-state index in [9.17, 15) is 9.59 Å². The van der Waals surface area contributed by atoms with Gasteiger partial charge >= 0.3 is 0 Å². The molecule has 5 N–H and O–H groups in total.